The summed E-state index contributed by atoms with van der Waals surface area (Å²) in [4.78, 5) is 4.37. The van der Waals surface area contributed by atoms with Crippen LogP contribution in [0.15, 0.2) is 64.8 Å². The predicted octanol–water partition coefficient (Wildman–Crippen LogP) is 3.30. The third-order valence-corrected chi connectivity index (χ3v) is 9.38. The molecule has 0 amide bonds. The molecule has 35 heavy (non-hydrogen) atoms. The number of halogens is 1. The van der Waals surface area contributed by atoms with Crippen molar-refractivity contribution in [1.82, 2.24) is 13.9 Å². The van der Waals surface area contributed by atoms with Crippen molar-refractivity contribution >= 4 is 19.9 Å². The van der Waals surface area contributed by atoms with Gasteiger partial charge in [-0.2, -0.15) is 4.31 Å². The summed E-state index contributed by atoms with van der Waals surface area (Å²) in [5, 5.41) is -0.169. The number of benzene rings is 2. The van der Waals surface area contributed by atoms with Crippen molar-refractivity contribution in [3.63, 3.8) is 0 Å². The van der Waals surface area contributed by atoms with Gasteiger partial charge in [0.25, 0.3) is 0 Å². The van der Waals surface area contributed by atoms with E-state index in [1.54, 1.807) is 24.3 Å². The molecular weight excluding hydrogens is 493 g/mol. The van der Waals surface area contributed by atoms with Crippen LogP contribution in [0.25, 0.3) is 0 Å². The second-order valence-electron chi connectivity index (χ2n) is 8.66. The molecule has 1 saturated carbocycles. The third kappa shape index (κ3) is 5.80. The first-order chi connectivity index (χ1) is 16.6. The fourth-order valence-electron chi connectivity index (χ4n) is 3.83. The van der Waals surface area contributed by atoms with Crippen LogP contribution in [0.4, 0.5) is 4.39 Å². The lowest BCUT2D eigenvalue weighted by atomic mass is 10.2. The van der Waals surface area contributed by atoms with E-state index in [-0.39, 0.29) is 41.5 Å². The van der Waals surface area contributed by atoms with Crippen LogP contribution in [0.1, 0.15) is 29.7 Å². The summed E-state index contributed by atoms with van der Waals surface area (Å²) in [5.41, 5.74) is 1.84. The number of aromatic nitrogens is 2. The number of sulfone groups is 1. The van der Waals surface area contributed by atoms with Gasteiger partial charge in [0.15, 0.2) is 0 Å². The van der Waals surface area contributed by atoms with E-state index >= 15 is 0 Å². The maximum Gasteiger partial charge on any atom is 0.243 e. The zero-order valence-electron chi connectivity index (χ0n) is 19.6. The number of imidazole rings is 1. The first-order valence-electron chi connectivity index (χ1n) is 11.2. The van der Waals surface area contributed by atoms with Gasteiger partial charge in [-0.15, -0.1) is 0 Å². The molecule has 3 aromatic rings. The van der Waals surface area contributed by atoms with Crippen LogP contribution in [0.2, 0.25) is 0 Å². The number of nitrogens with zero attached hydrogens (tertiary/aromatic N) is 3. The molecule has 11 heteroatoms. The highest BCUT2D eigenvalue weighted by atomic mass is 32.2. The van der Waals surface area contributed by atoms with Gasteiger partial charge in [-0.3, -0.25) is 0 Å². The van der Waals surface area contributed by atoms with E-state index in [9.17, 15) is 21.2 Å². The van der Waals surface area contributed by atoms with E-state index in [2.05, 4.69) is 4.98 Å². The van der Waals surface area contributed by atoms with E-state index in [0.29, 0.717) is 11.3 Å². The molecule has 0 unspecified atom stereocenters. The van der Waals surface area contributed by atoms with Gasteiger partial charge < -0.3 is 9.30 Å². The maximum absolute atomic E-state index is 13.4. The molecule has 0 atom stereocenters. The average molecular weight is 522 g/mol. The lowest BCUT2D eigenvalue weighted by molar-refractivity contribution is 0.182. The van der Waals surface area contributed by atoms with Crippen molar-refractivity contribution < 1.29 is 26.0 Å². The topological polar surface area (TPSA) is 98.6 Å². The number of ether oxygens (including phenoxy) is 1. The van der Waals surface area contributed by atoms with Crippen LogP contribution in [0.5, 0.6) is 0 Å². The number of aryl methyl sites for hydroxylation is 1. The van der Waals surface area contributed by atoms with Crippen molar-refractivity contribution in [1.29, 1.82) is 0 Å². The second-order valence-corrected chi connectivity index (χ2v) is 12.4. The summed E-state index contributed by atoms with van der Waals surface area (Å²) in [6.45, 7) is 2.28. The molecule has 8 nitrogen and oxygen atoms in total. The molecule has 1 aliphatic rings. The SMILES string of the molecule is COCCn1c(CN(C2CC2)S(=O)(=O)c2ccc(C)cc2)cnc1S(=O)(=O)Cc1ccc(F)cc1. The Morgan fingerprint density at radius 1 is 1.06 bits per heavy atom. The van der Waals surface area contributed by atoms with Crippen molar-refractivity contribution in [2.75, 3.05) is 13.7 Å². The van der Waals surface area contributed by atoms with Gasteiger partial charge in [0.2, 0.25) is 25.0 Å². The Labute approximate surface area is 205 Å². The van der Waals surface area contributed by atoms with Crippen molar-refractivity contribution in [3.05, 3.63) is 77.4 Å². The van der Waals surface area contributed by atoms with E-state index in [4.69, 9.17) is 4.74 Å². The van der Waals surface area contributed by atoms with Gasteiger partial charge in [0.1, 0.15) is 5.82 Å². The van der Waals surface area contributed by atoms with E-state index in [0.717, 1.165) is 18.4 Å². The molecule has 0 N–H and O–H groups in total. The highest BCUT2D eigenvalue weighted by molar-refractivity contribution is 7.90. The minimum absolute atomic E-state index is 0.0103. The molecule has 4 rings (SSSR count). The number of sulfonamides is 1. The number of methoxy groups -OCH3 is 1. The number of hydrogen-bond donors (Lipinski definition) is 0. The largest absolute Gasteiger partial charge is 0.383 e. The number of hydrogen-bond acceptors (Lipinski definition) is 6. The molecule has 0 radical (unpaired) electrons. The Morgan fingerprint density at radius 2 is 1.71 bits per heavy atom. The summed E-state index contributed by atoms with van der Waals surface area (Å²) >= 11 is 0. The van der Waals surface area contributed by atoms with Crippen LogP contribution >= 0.6 is 0 Å². The number of rotatable bonds is 11. The molecule has 1 heterocycles. The first-order valence-corrected chi connectivity index (χ1v) is 14.3. The molecule has 1 aliphatic carbocycles. The highest BCUT2D eigenvalue weighted by Crippen LogP contribution is 2.34. The molecule has 0 bridgehead atoms. The first kappa shape index (κ1) is 25.5. The Balaban J connectivity index is 1.67. The standard InChI is InChI=1S/C24H28FN3O5S2/c1-18-3-11-23(12-4-18)35(31,32)28(21-9-10-21)16-22-15-26-24(27(22)13-14-33-2)34(29,30)17-19-5-7-20(25)8-6-19/h3-8,11-12,15,21H,9-10,13-14,16-17H2,1-2H3. The zero-order chi connectivity index (χ0) is 25.2. The van der Waals surface area contributed by atoms with Crippen LogP contribution in [-0.2, 0) is 43.4 Å². The van der Waals surface area contributed by atoms with Crippen molar-refractivity contribution in [2.24, 2.45) is 0 Å². The fraction of sp³-hybridized carbons (Fsp3) is 0.375. The third-order valence-electron chi connectivity index (χ3n) is 5.87. The Hall–Kier alpha value is -2.60. The lowest BCUT2D eigenvalue weighted by Crippen LogP contribution is -2.33. The van der Waals surface area contributed by atoms with Crippen LogP contribution < -0.4 is 0 Å². The molecule has 0 spiro atoms. The van der Waals surface area contributed by atoms with Crippen molar-refractivity contribution in [3.8, 4) is 0 Å². The minimum atomic E-state index is -3.89. The quantitative estimate of drug-likeness (QED) is 0.384. The fourth-order valence-corrected chi connectivity index (χ4v) is 7.01. The Bertz CT molecular complexity index is 1380. The monoisotopic (exact) mass is 521 g/mol. The molecule has 0 aliphatic heterocycles. The average Bonchev–Trinajstić information content (AvgIpc) is 3.57. The van der Waals surface area contributed by atoms with Crippen molar-refractivity contribution in [2.45, 2.75) is 54.7 Å². The molecule has 1 fully saturated rings. The van der Waals surface area contributed by atoms with E-state index in [1.165, 1.54) is 46.4 Å². The summed E-state index contributed by atoms with van der Waals surface area (Å²) in [7, 11) is -6.18. The van der Waals surface area contributed by atoms with Gasteiger partial charge >= 0.3 is 0 Å². The van der Waals surface area contributed by atoms with Gasteiger partial charge in [-0.25, -0.2) is 26.2 Å². The minimum Gasteiger partial charge on any atom is -0.383 e. The Kier molecular flexibility index (Phi) is 7.41. The summed E-state index contributed by atoms with van der Waals surface area (Å²) in [6.07, 6.45) is 2.90. The Morgan fingerprint density at radius 3 is 2.31 bits per heavy atom. The molecule has 1 aromatic heterocycles. The van der Waals surface area contributed by atoms with Gasteiger partial charge in [-0.1, -0.05) is 29.8 Å². The van der Waals surface area contributed by atoms with Gasteiger partial charge in [0.05, 0.1) is 35.7 Å². The highest BCUT2D eigenvalue weighted by Gasteiger charge is 2.39. The predicted molar refractivity (Wildman–Crippen MR) is 128 cm³/mol. The summed E-state index contributed by atoms with van der Waals surface area (Å²) in [6, 6.07) is 11.8. The maximum atomic E-state index is 13.4. The smallest absolute Gasteiger partial charge is 0.243 e. The molecule has 0 saturated heterocycles. The second kappa shape index (κ2) is 10.2. The molecule has 2 aromatic carbocycles. The van der Waals surface area contributed by atoms with Crippen LogP contribution in [0, 0.1) is 12.7 Å². The normalized spacial score (nSPS) is 14.5. The van der Waals surface area contributed by atoms with Crippen LogP contribution in [-0.4, -0.2) is 50.5 Å². The molecular formula is C24H28FN3O5S2. The van der Waals surface area contributed by atoms with Crippen LogP contribution in [0.3, 0.4) is 0 Å². The van der Waals surface area contributed by atoms with E-state index in [1.807, 2.05) is 6.92 Å². The van der Waals surface area contributed by atoms with Gasteiger partial charge in [-0.05, 0) is 49.6 Å². The van der Waals surface area contributed by atoms with E-state index < -0.39 is 25.7 Å². The summed E-state index contributed by atoms with van der Waals surface area (Å²) in [5.74, 6) is -0.810. The molecule has 188 valence electrons. The zero-order valence-corrected chi connectivity index (χ0v) is 21.2. The summed E-state index contributed by atoms with van der Waals surface area (Å²) < 4.78 is 74.7. The lowest BCUT2D eigenvalue weighted by Gasteiger charge is -2.23. The van der Waals surface area contributed by atoms with Gasteiger partial charge in [0, 0.05) is 19.7 Å².